The van der Waals surface area contributed by atoms with Crippen molar-refractivity contribution in [2.24, 2.45) is 0 Å². The highest BCUT2D eigenvalue weighted by atomic mass is 35.5. The van der Waals surface area contributed by atoms with Crippen molar-refractivity contribution in [1.82, 2.24) is 5.32 Å². The number of hydrogen-bond donors (Lipinski definition) is 2. The van der Waals surface area contributed by atoms with Gasteiger partial charge in [0, 0.05) is 6.54 Å². The molecule has 2 N–H and O–H groups in total. The Bertz CT molecular complexity index is 843. The molecule has 0 aromatic heterocycles. The van der Waals surface area contributed by atoms with Gasteiger partial charge in [0.1, 0.15) is 17.3 Å². The average molecular weight is 396 g/mol. The van der Waals surface area contributed by atoms with E-state index in [1.807, 2.05) is 0 Å². The monoisotopic (exact) mass is 395 g/mol. The zero-order valence-electron chi connectivity index (χ0n) is 14.8. The van der Waals surface area contributed by atoms with Crippen LogP contribution in [0.3, 0.4) is 0 Å². The van der Waals surface area contributed by atoms with Crippen LogP contribution in [0.15, 0.2) is 36.4 Å². The van der Waals surface area contributed by atoms with Crippen molar-refractivity contribution in [2.75, 3.05) is 13.7 Å². The molecule has 0 spiro atoms. The first-order valence-electron chi connectivity index (χ1n) is 8.11. The number of nitrogens with one attached hydrogen (secondary N) is 1. The first-order valence-corrected chi connectivity index (χ1v) is 8.49. The predicted octanol–water partition coefficient (Wildman–Crippen LogP) is 3.31. The highest BCUT2D eigenvalue weighted by Gasteiger charge is 2.16. The van der Waals surface area contributed by atoms with Crippen LogP contribution in [0, 0.1) is 5.82 Å². The third-order valence-electron chi connectivity index (χ3n) is 3.79. The third kappa shape index (κ3) is 5.59. The molecule has 2 aromatic carbocycles. The summed E-state index contributed by atoms with van der Waals surface area (Å²) >= 11 is 5.88. The van der Waals surface area contributed by atoms with Crippen LogP contribution in [0.5, 0.6) is 11.5 Å². The van der Waals surface area contributed by atoms with Crippen molar-refractivity contribution in [3.05, 3.63) is 58.4 Å². The van der Waals surface area contributed by atoms with Crippen LogP contribution in [0.1, 0.15) is 22.8 Å². The molecule has 27 heavy (non-hydrogen) atoms. The minimum absolute atomic E-state index is 0.0814. The number of carbonyl (C=O) groups is 2. The molecule has 144 valence electrons. The number of hydrogen-bond acceptors (Lipinski definition) is 4. The summed E-state index contributed by atoms with van der Waals surface area (Å²) in [6.07, 6.45) is -0.386. The van der Waals surface area contributed by atoms with Gasteiger partial charge in [-0.2, -0.15) is 0 Å². The Kier molecular flexibility index (Phi) is 7.01. The second kappa shape index (κ2) is 9.23. The SMILES string of the molecule is COc1cc(C(=O)O)ccc1CCNC(=O)C(C)Oc1ccc(F)cc1Cl. The maximum atomic E-state index is 13.0. The average Bonchev–Trinajstić information content (AvgIpc) is 2.63. The first-order chi connectivity index (χ1) is 12.8. The lowest BCUT2D eigenvalue weighted by Crippen LogP contribution is -2.37. The molecule has 0 aliphatic carbocycles. The molecule has 2 aromatic rings. The minimum atomic E-state index is -1.04. The van der Waals surface area contributed by atoms with Crippen LogP contribution in [-0.2, 0) is 11.2 Å². The maximum Gasteiger partial charge on any atom is 0.335 e. The first kappa shape index (κ1) is 20.5. The molecule has 1 unspecified atom stereocenters. The molecule has 0 radical (unpaired) electrons. The van der Waals surface area contributed by atoms with Gasteiger partial charge in [-0.25, -0.2) is 9.18 Å². The van der Waals surface area contributed by atoms with Crippen LogP contribution in [0.25, 0.3) is 0 Å². The molecular weight excluding hydrogens is 377 g/mol. The van der Waals surface area contributed by atoms with E-state index in [0.29, 0.717) is 18.7 Å². The van der Waals surface area contributed by atoms with Crippen molar-refractivity contribution < 1.29 is 28.6 Å². The number of methoxy groups -OCH3 is 1. The van der Waals surface area contributed by atoms with E-state index in [1.54, 1.807) is 13.0 Å². The van der Waals surface area contributed by atoms with E-state index in [1.165, 1.54) is 31.4 Å². The number of halogens is 2. The van der Waals surface area contributed by atoms with Gasteiger partial charge in [0.25, 0.3) is 5.91 Å². The number of carbonyl (C=O) groups excluding carboxylic acids is 1. The van der Waals surface area contributed by atoms with Gasteiger partial charge in [0.2, 0.25) is 0 Å². The van der Waals surface area contributed by atoms with E-state index in [9.17, 15) is 14.0 Å². The van der Waals surface area contributed by atoms with E-state index >= 15 is 0 Å². The maximum absolute atomic E-state index is 13.0. The molecule has 0 fully saturated rings. The number of rotatable bonds is 8. The van der Waals surface area contributed by atoms with E-state index < -0.39 is 17.9 Å². The number of ether oxygens (including phenoxy) is 2. The van der Waals surface area contributed by atoms with Crippen LogP contribution < -0.4 is 14.8 Å². The fraction of sp³-hybridized carbons (Fsp3) is 0.263. The molecule has 0 aliphatic rings. The number of carboxylic acids is 1. The Morgan fingerprint density at radius 1 is 1.22 bits per heavy atom. The number of amides is 1. The molecule has 8 heteroatoms. The lowest BCUT2D eigenvalue weighted by Gasteiger charge is -2.16. The molecule has 2 rings (SSSR count). The lowest BCUT2D eigenvalue weighted by molar-refractivity contribution is -0.127. The third-order valence-corrected chi connectivity index (χ3v) is 4.09. The molecule has 0 aliphatic heterocycles. The fourth-order valence-corrected chi connectivity index (χ4v) is 2.57. The minimum Gasteiger partial charge on any atom is -0.496 e. The highest BCUT2D eigenvalue weighted by molar-refractivity contribution is 6.32. The summed E-state index contributed by atoms with van der Waals surface area (Å²) in [5.74, 6) is -1.25. The van der Waals surface area contributed by atoms with Gasteiger partial charge in [0.05, 0.1) is 17.7 Å². The van der Waals surface area contributed by atoms with Crippen molar-refractivity contribution >= 4 is 23.5 Å². The Hall–Kier alpha value is -2.80. The van der Waals surface area contributed by atoms with Gasteiger partial charge >= 0.3 is 5.97 Å². The zero-order chi connectivity index (χ0) is 20.0. The van der Waals surface area contributed by atoms with E-state index in [-0.39, 0.29) is 22.2 Å². The molecule has 6 nitrogen and oxygen atoms in total. The van der Waals surface area contributed by atoms with Crippen molar-refractivity contribution in [3.8, 4) is 11.5 Å². The van der Waals surface area contributed by atoms with E-state index in [2.05, 4.69) is 5.32 Å². The lowest BCUT2D eigenvalue weighted by atomic mass is 10.1. The summed E-state index contributed by atoms with van der Waals surface area (Å²) in [5.41, 5.74) is 0.885. The molecular formula is C19H19ClFNO5. The summed E-state index contributed by atoms with van der Waals surface area (Å²) in [6.45, 7) is 1.85. The quantitative estimate of drug-likeness (QED) is 0.716. The summed E-state index contributed by atoms with van der Waals surface area (Å²) in [4.78, 5) is 23.1. The number of carboxylic acid groups (broad SMARTS) is 1. The smallest absolute Gasteiger partial charge is 0.335 e. The van der Waals surface area contributed by atoms with Gasteiger partial charge in [-0.1, -0.05) is 17.7 Å². The van der Waals surface area contributed by atoms with Crippen LogP contribution in [-0.4, -0.2) is 36.7 Å². The summed E-state index contributed by atoms with van der Waals surface area (Å²) in [5, 5.41) is 11.8. The van der Waals surface area contributed by atoms with Gasteiger partial charge in [-0.3, -0.25) is 4.79 Å². The summed E-state index contributed by atoms with van der Waals surface area (Å²) in [7, 11) is 1.45. The Labute approximate surface area is 160 Å². The number of benzene rings is 2. The van der Waals surface area contributed by atoms with Gasteiger partial charge < -0.3 is 19.9 Å². The van der Waals surface area contributed by atoms with Gasteiger partial charge in [-0.15, -0.1) is 0 Å². The molecule has 0 saturated carbocycles. The van der Waals surface area contributed by atoms with Crippen LogP contribution in [0.4, 0.5) is 4.39 Å². The Morgan fingerprint density at radius 2 is 1.96 bits per heavy atom. The number of aromatic carboxylic acids is 1. The van der Waals surface area contributed by atoms with Gasteiger partial charge in [0.15, 0.2) is 6.10 Å². The van der Waals surface area contributed by atoms with E-state index in [4.69, 9.17) is 26.2 Å². The predicted molar refractivity (Wildman–Crippen MR) is 98.2 cm³/mol. The van der Waals surface area contributed by atoms with Crippen molar-refractivity contribution in [3.63, 3.8) is 0 Å². The van der Waals surface area contributed by atoms with Crippen LogP contribution in [0.2, 0.25) is 5.02 Å². The van der Waals surface area contributed by atoms with Gasteiger partial charge in [-0.05, 0) is 49.2 Å². The Balaban J connectivity index is 1.90. The normalized spacial score (nSPS) is 11.6. The summed E-state index contributed by atoms with van der Waals surface area (Å²) in [6, 6.07) is 8.21. The topological polar surface area (TPSA) is 84.9 Å². The molecule has 0 saturated heterocycles. The fourth-order valence-electron chi connectivity index (χ4n) is 2.36. The Morgan fingerprint density at radius 3 is 2.59 bits per heavy atom. The second-order valence-electron chi connectivity index (χ2n) is 5.71. The van der Waals surface area contributed by atoms with Crippen LogP contribution >= 0.6 is 11.6 Å². The summed E-state index contributed by atoms with van der Waals surface area (Å²) < 4.78 is 23.7. The highest BCUT2D eigenvalue weighted by Crippen LogP contribution is 2.26. The zero-order valence-corrected chi connectivity index (χ0v) is 15.5. The molecule has 0 heterocycles. The molecule has 1 atom stereocenters. The van der Waals surface area contributed by atoms with Crippen molar-refractivity contribution in [1.29, 1.82) is 0 Å². The largest absolute Gasteiger partial charge is 0.496 e. The molecule has 1 amide bonds. The van der Waals surface area contributed by atoms with Crippen molar-refractivity contribution in [2.45, 2.75) is 19.4 Å². The standard InChI is InChI=1S/C19H19ClFNO5/c1-11(27-16-6-5-14(21)10-15(16)20)18(23)22-8-7-12-3-4-13(19(24)25)9-17(12)26-2/h3-6,9-11H,7-8H2,1-2H3,(H,22,23)(H,24,25). The molecule has 0 bridgehead atoms. The van der Waals surface area contributed by atoms with E-state index in [0.717, 1.165) is 11.6 Å². The second-order valence-corrected chi connectivity index (χ2v) is 6.11.